The largest absolute Gasteiger partial charge is 0.508 e. The molecule has 2 aromatic carbocycles. The lowest BCUT2D eigenvalue weighted by Gasteiger charge is -2.37. The van der Waals surface area contributed by atoms with Crippen LogP contribution in [0.5, 0.6) is 17.2 Å². The Balaban J connectivity index is 1.96. The summed E-state index contributed by atoms with van der Waals surface area (Å²) in [5, 5.41) is 21.0. The number of fused-ring (bicyclic) bond motifs is 4. The number of aromatic hydroxyl groups is 1. The van der Waals surface area contributed by atoms with E-state index in [0.717, 1.165) is 34.4 Å². The zero-order valence-electron chi connectivity index (χ0n) is 12.6. The van der Waals surface area contributed by atoms with Crippen LogP contribution in [0.3, 0.4) is 0 Å². The first-order chi connectivity index (χ1) is 11.1. The molecular weight excluding hydrogens is 294 g/mol. The number of aliphatic imine (C=N–C) groups is 1. The summed E-state index contributed by atoms with van der Waals surface area (Å²) in [6.45, 7) is 2.56. The lowest BCUT2D eigenvalue weighted by molar-refractivity contribution is 0.132. The second-order valence-corrected chi connectivity index (χ2v) is 6.30. The minimum absolute atomic E-state index is 0.119. The van der Waals surface area contributed by atoms with Crippen molar-refractivity contribution in [1.29, 1.82) is 0 Å². The fourth-order valence-electron chi connectivity index (χ4n) is 3.87. The van der Waals surface area contributed by atoms with E-state index in [1.54, 1.807) is 19.1 Å². The van der Waals surface area contributed by atoms with Crippen LogP contribution in [0.2, 0.25) is 0 Å². The molecule has 1 unspecified atom stereocenters. The highest BCUT2D eigenvalue weighted by atomic mass is 16.7. The zero-order valence-corrected chi connectivity index (χ0v) is 12.6. The van der Waals surface area contributed by atoms with Crippen molar-refractivity contribution in [1.82, 2.24) is 0 Å². The minimum atomic E-state index is -1.25. The second kappa shape index (κ2) is 4.06. The van der Waals surface area contributed by atoms with E-state index in [1.807, 2.05) is 12.1 Å². The number of aliphatic hydroxyl groups is 1. The summed E-state index contributed by atoms with van der Waals surface area (Å²) in [5.41, 5.74) is 3.87. The smallest absolute Gasteiger partial charge is 0.231 e. The van der Waals surface area contributed by atoms with Crippen molar-refractivity contribution in [2.45, 2.75) is 18.9 Å². The van der Waals surface area contributed by atoms with Gasteiger partial charge in [0.2, 0.25) is 6.79 Å². The van der Waals surface area contributed by atoms with Crippen LogP contribution in [0, 0.1) is 0 Å². The van der Waals surface area contributed by atoms with Crippen LogP contribution in [-0.4, -0.2) is 29.3 Å². The summed E-state index contributed by atoms with van der Waals surface area (Å²) < 4.78 is 11.3. The maximum atomic E-state index is 11.2. The van der Waals surface area contributed by atoms with E-state index in [4.69, 9.17) is 9.47 Å². The van der Waals surface area contributed by atoms with Crippen molar-refractivity contribution < 1.29 is 19.7 Å². The third-order valence-electron chi connectivity index (χ3n) is 4.89. The first-order valence-electron chi connectivity index (χ1n) is 7.64. The Morgan fingerprint density at radius 2 is 2.04 bits per heavy atom. The molecule has 2 N–H and O–H groups in total. The Labute approximate surface area is 132 Å². The monoisotopic (exact) mass is 309 g/mol. The summed E-state index contributed by atoms with van der Waals surface area (Å²) in [5.74, 6) is 1.55. The predicted molar refractivity (Wildman–Crippen MR) is 84.3 cm³/mol. The van der Waals surface area contributed by atoms with Gasteiger partial charge in [-0.05, 0) is 42.7 Å². The molecular formula is C18H15NO4. The van der Waals surface area contributed by atoms with Gasteiger partial charge in [-0.15, -0.1) is 0 Å². The predicted octanol–water partition coefficient (Wildman–Crippen LogP) is 2.35. The molecule has 0 fully saturated rings. The van der Waals surface area contributed by atoms with Gasteiger partial charge in [0.25, 0.3) is 0 Å². The SMILES string of the molecule is CC1(O)C2=NCCc3cc4c(c(c32)-c2ccc(O)cc21)OCO4. The Morgan fingerprint density at radius 1 is 1.17 bits per heavy atom. The molecule has 0 saturated heterocycles. The highest BCUT2D eigenvalue weighted by molar-refractivity contribution is 6.17. The molecule has 23 heavy (non-hydrogen) atoms. The maximum absolute atomic E-state index is 11.2. The van der Waals surface area contributed by atoms with Crippen LogP contribution >= 0.6 is 0 Å². The highest BCUT2D eigenvalue weighted by Crippen LogP contribution is 2.53. The van der Waals surface area contributed by atoms with E-state index < -0.39 is 5.60 Å². The van der Waals surface area contributed by atoms with E-state index in [1.165, 1.54) is 0 Å². The Morgan fingerprint density at radius 3 is 2.91 bits per heavy atom. The molecule has 0 bridgehead atoms. The number of phenols is 1. The van der Waals surface area contributed by atoms with E-state index in [0.29, 0.717) is 23.6 Å². The molecule has 0 aromatic heterocycles. The summed E-state index contributed by atoms with van der Waals surface area (Å²) in [4.78, 5) is 4.60. The third kappa shape index (κ3) is 1.52. The van der Waals surface area contributed by atoms with Crippen molar-refractivity contribution in [2.75, 3.05) is 13.3 Å². The number of phenolic OH excluding ortho intramolecular Hbond substituents is 1. The first-order valence-corrected chi connectivity index (χ1v) is 7.64. The molecule has 1 atom stereocenters. The molecule has 1 aliphatic carbocycles. The van der Waals surface area contributed by atoms with Gasteiger partial charge in [0.1, 0.15) is 11.4 Å². The number of hydrogen-bond acceptors (Lipinski definition) is 5. The lowest BCUT2D eigenvalue weighted by atomic mass is 9.72. The number of hydrogen-bond donors (Lipinski definition) is 2. The molecule has 0 spiro atoms. The van der Waals surface area contributed by atoms with Crippen molar-refractivity contribution in [3.05, 3.63) is 41.0 Å². The van der Waals surface area contributed by atoms with Gasteiger partial charge >= 0.3 is 0 Å². The molecule has 5 nitrogen and oxygen atoms in total. The van der Waals surface area contributed by atoms with Crippen LogP contribution < -0.4 is 9.47 Å². The van der Waals surface area contributed by atoms with Gasteiger partial charge in [-0.25, -0.2) is 0 Å². The highest BCUT2D eigenvalue weighted by Gasteiger charge is 2.44. The number of nitrogens with zero attached hydrogens (tertiary/aromatic N) is 1. The number of rotatable bonds is 0. The van der Waals surface area contributed by atoms with Crippen molar-refractivity contribution in [3.8, 4) is 28.4 Å². The van der Waals surface area contributed by atoms with Crippen LogP contribution in [0.25, 0.3) is 11.1 Å². The summed E-state index contributed by atoms with van der Waals surface area (Å²) >= 11 is 0. The molecule has 0 amide bonds. The quantitative estimate of drug-likeness (QED) is 0.783. The average molecular weight is 309 g/mol. The van der Waals surface area contributed by atoms with Gasteiger partial charge in [0.15, 0.2) is 11.5 Å². The molecule has 0 radical (unpaired) electrons. The van der Waals surface area contributed by atoms with Crippen molar-refractivity contribution in [2.24, 2.45) is 4.99 Å². The van der Waals surface area contributed by atoms with Crippen LogP contribution in [0.4, 0.5) is 0 Å². The molecule has 5 rings (SSSR count). The molecule has 0 saturated carbocycles. The zero-order chi connectivity index (χ0) is 15.8. The molecule has 2 aliphatic heterocycles. The first kappa shape index (κ1) is 13.0. The van der Waals surface area contributed by atoms with Gasteiger partial charge in [-0.1, -0.05) is 6.07 Å². The van der Waals surface area contributed by atoms with Crippen LogP contribution in [0.15, 0.2) is 29.3 Å². The fourth-order valence-corrected chi connectivity index (χ4v) is 3.87. The molecule has 2 heterocycles. The number of ether oxygens (including phenoxy) is 2. The summed E-state index contributed by atoms with van der Waals surface area (Å²) in [6, 6.07) is 7.05. The molecule has 5 heteroatoms. The Kier molecular flexibility index (Phi) is 2.29. The van der Waals surface area contributed by atoms with Crippen molar-refractivity contribution >= 4 is 5.71 Å². The molecule has 116 valence electrons. The second-order valence-electron chi connectivity index (χ2n) is 6.30. The van der Waals surface area contributed by atoms with E-state index >= 15 is 0 Å². The third-order valence-corrected chi connectivity index (χ3v) is 4.89. The van der Waals surface area contributed by atoms with E-state index in [-0.39, 0.29) is 12.5 Å². The van der Waals surface area contributed by atoms with Crippen molar-refractivity contribution in [3.63, 3.8) is 0 Å². The van der Waals surface area contributed by atoms with Crippen LogP contribution in [0.1, 0.15) is 23.6 Å². The Bertz CT molecular complexity index is 898. The van der Waals surface area contributed by atoms with Gasteiger partial charge in [-0.3, -0.25) is 4.99 Å². The number of benzene rings is 2. The average Bonchev–Trinajstić information content (AvgIpc) is 2.99. The molecule has 2 aromatic rings. The normalized spacial score (nSPS) is 23.1. The van der Waals surface area contributed by atoms with Crippen LogP contribution in [-0.2, 0) is 12.0 Å². The standard InChI is InChI=1S/C18H15NO4/c1-18(21)12-7-10(20)2-3-11(12)15-14-9(4-5-19-17(14)18)6-13-16(15)23-8-22-13/h2-3,6-7,20-21H,4-5,8H2,1H3. The minimum Gasteiger partial charge on any atom is -0.508 e. The van der Waals surface area contributed by atoms with E-state index in [2.05, 4.69) is 4.99 Å². The topological polar surface area (TPSA) is 71.3 Å². The lowest BCUT2D eigenvalue weighted by Crippen LogP contribution is -2.39. The maximum Gasteiger partial charge on any atom is 0.231 e. The van der Waals surface area contributed by atoms with Gasteiger partial charge in [0.05, 0.1) is 5.71 Å². The summed E-state index contributed by atoms with van der Waals surface area (Å²) in [6.07, 6.45) is 0.811. The van der Waals surface area contributed by atoms with E-state index in [9.17, 15) is 10.2 Å². The molecule has 3 aliphatic rings. The summed E-state index contributed by atoms with van der Waals surface area (Å²) in [7, 11) is 0. The Hall–Kier alpha value is -2.53. The van der Waals surface area contributed by atoms with Gasteiger partial charge in [0, 0.05) is 23.2 Å². The van der Waals surface area contributed by atoms with Gasteiger partial charge < -0.3 is 19.7 Å². The van der Waals surface area contributed by atoms with Gasteiger partial charge in [-0.2, -0.15) is 0 Å². The fraction of sp³-hybridized carbons (Fsp3) is 0.278.